The quantitative estimate of drug-likeness (QED) is 0.939. The standard InChI is InChI=1S/C14H13BrFNO/c1-18-13-6-5-11(16)8-12(13)14(17)9-3-2-4-10(15)7-9/h2-8,14H,17H2,1H3. The second kappa shape index (κ2) is 5.50. The van der Waals surface area contributed by atoms with Crippen LogP contribution in [0.1, 0.15) is 17.2 Å². The second-order valence-corrected chi connectivity index (χ2v) is 4.83. The van der Waals surface area contributed by atoms with Crippen LogP contribution in [-0.4, -0.2) is 7.11 Å². The van der Waals surface area contributed by atoms with Gasteiger partial charge in [0.2, 0.25) is 0 Å². The summed E-state index contributed by atoms with van der Waals surface area (Å²) in [5.74, 6) is 0.264. The molecule has 18 heavy (non-hydrogen) atoms. The highest BCUT2D eigenvalue weighted by Crippen LogP contribution is 2.29. The van der Waals surface area contributed by atoms with Crippen LogP contribution in [0, 0.1) is 5.82 Å². The first-order chi connectivity index (χ1) is 8.61. The van der Waals surface area contributed by atoms with Crippen LogP contribution in [0.2, 0.25) is 0 Å². The van der Waals surface area contributed by atoms with Gasteiger partial charge in [-0.3, -0.25) is 0 Å². The van der Waals surface area contributed by atoms with E-state index in [4.69, 9.17) is 10.5 Å². The van der Waals surface area contributed by atoms with Crippen molar-refractivity contribution >= 4 is 15.9 Å². The van der Waals surface area contributed by atoms with Crippen molar-refractivity contribution < 1.29 is 9.13 Å². The molecule has 1 unspecified atom stereocenters. The van der Waals surface area contributed by atoms with Crippen LogP contribution >= 0.6 is 15.9 Å². The maximum absolute atomic E-state index is 13.3. The number of nitrogens with two attached hydrogens (primary N) is 1. The third-order valence-corrected chi connectivity index (χ3v) is 3.23. The minimum atomic E-state index is -0.423. The molecule has 0 bridgehead atoms. The van der Waals surface area contributed by atoms with E-state index in [0.29, 0.717) is 11.3 Å². The molecule has 0 radical (unpaired) electrons. The summed E-state index contributed by atoms with van der Waals surface area (Å²) in [7, 11) is 1.55. The number of rotatable bonds is 3. The van der Waals surface area contributed by atoms with Gasteiger partial charge in [-0.25, -0.2) is 4.39 Å². The smallest absolute Gasteiger partial charge is 0.124 e. The van der Waals surface area contributed by atoms with Crippen LogP contribution in [0.5, 0.6) is 5.75 Å². The maximum atomic E-state index is 13.3. The van der Waals surface area contributed by atoms with E-state index in [1.807, 2.05) is 24.3 Å². The monoisotopic (exact) mass is 309 g/mol. The number of benzene rings is 2. The molecule has 0 aliphatic rings. The van der Waals surface area contributed by atoms with Gasteiger partial charge in [-0.05, 0) is 35.9 Å². The predicted octanol–water partition coefficient (Wildman–Crippen LogP) is 3.64. The Kier molecular flexibility index (Phi) is 3.99. The van der Waals surface area contributed by atoms with Crippen molar-refractivity contribution in [2.45, 2.75) is 6.04 Å². The molecule has 0 aliphatic heterocycles. The molecular weight excluding hydrogens is 297 g/mol. The highest BCUT2D eigenvalue weighted by Gasteiger charge is 2.15. The lowest BCUT2D eigenvalue weighted by atomic mass is 9.99. The van der Waals surface area contributed by atoms with E-state index in [2.05, 4.69) is 15.9 Å². The van der Waals surface area contributed by atoms with Gasteiger partial charge in [0.15, 0.2) is 0 Å². The molecule has 1 atom stereocenters. The number of hydrogen-bond acceptors (Lipinski definition) is 2. The Bertz CT molecular complexity index is 559. The Labute approximate surface area is 114 Å². The van der Waals surface area contributed by atoms with Gasteiger partial charge in [0.05, 0.1) is 13.2 Å². The van der Waals surface area contributed by atoms with Gasteiger partial charge >= 0.3 is 0 Å². The van der Waals surface area contributed by atoms with Gasteiger partial charge in [-0.2, -0.15) is 0 Å². The van der Waals surface area contributed by atoms with E-state index in [1.54, 1.807) is 13.2 Å². The van der Waals surface area contributed by atoms with Crippen molar-refractivity contribution in [3.05, 3.63) is 63.9 Å². The first-order valence-electron chi connectivity index (χ1n) is 5.46. The zero-order valence-corrected chi connectivity index (χ0v) is 11.4. The molecule has 2 aromatic carbocycles. The molecule has 0 spiro atoms. The highest BCUT2D eigenvalue weighted by molar-refractivity contribution is 9.10. The number of hydrogen-bond donors (Lipinski definition) is 1. The predicted molar refractivity (Wildman–Crippen MR) is 73.1 cm³/mol. The van der Waals surface area contributed by atoms with Crippen molar-refractivity contribution in [3.8, 4) is 5.75 Å². The molecule has 0 saturated heterocycles. The summed E-state index contributed by atoms with van der Waals surface area (Å²) in [6.45, 7) is 0. The molecule has 2 N–H and O–H groups in total. The first kappa shape index (κ1) is 13.1. The zero-order chi connectivity index (χ0) is 13.1. The summed E-state index contributed by atoms with van der Waals surface area (Å²) in [5.41, 5.74) is 7.69. The largest absolute Gasteiger partial charge is 0.496 e. The summed E-state index contributed by atoms with van der Waals surface area (Å²) in [6.07, 6.45) is 0. The minimum Gasteiger partial charge on any atom is -0.496 e. The first-order valence-corrected chi connectivity index (χ1v) is 6.25. The third kappa shape index (κ3) is 2.71. The van der Waals surface area contributed by atoms with E-state index in [1.165, 1.54) is 12.1 Å². The fraction of sp³-hybridized carbons (Fsp3) is 0.143. The summed E-state index contributed by atoms with van der Waals surface area (Å²) in [5, 5.41) is 0. The molecule has 2 rings (SSSR count). The lowest BCUT2D eigenvalue weighted by Gasteiger charge is -2.16. The van der Waals surface area contributed by atoms with Gasteiger partial charge in [0, 0.05) is 10.0 Å². The molecule has 2 aromatic rings. The van der Waals surface area contributed by atoms with Gasteiger partial charge in [-0.1, -0.05) is 28.1 Å². The van der Waals surface area contributed by atoms with Gasteiger partial charge in [0.25, 0.3) is 0 Å². The summed E-state index contributed by atoms with van der Waals surface area (Å²) >= 11 is 3.39. The van der Waals surface area contributed by atoms with Crippen molar-refractivity contribution in [1.82, 2.24) is 0 Å². The minimum absolute atomic E-state index is 0.323. The van der Waals surface area contributed by atoms with Crippen LogP contribution < -0.4 is 10.5 Å². The van der Waals surface area contributed by atoms with Crippen LogP contribution in [0.15, 0.2) is 46.9 Å². The Hall–Kier alpha value is -1.39. The summed E-state index contributed by atoms with van der Waals surface area (Å²) < 4.78 is 19.5. The summed E-state index contributed by atoms with van der Waals surface area (Å²) in [4.78, 5) is 0. The molecule has 0 saturated carbocycles. The van der Waals surface area contributed by atoms with E-state index >= 15 is 0 Å². The average Bonchev–Trinajstić information content (AvgIpc) is 2.38. The topological polar surface area (TPSA) is 35.2 Å². The van der Waals surface area contributed by atoms with Crippen LogP contribution in [0.3, 0.4) is 0 Å². The molecule has 0 amide bonds. The normalized spacial score (nSPS) is 12.2. The molecule has 2 nitrogen and oxygen atoms in total. The second-order valence-electron chi connectivity index (χ2n) is 3.92. The Balaban J connectivity index is 2.44. The Morgan fingerprint density at radius 2 is 2.00 bits per heavy atom. The van der Waals surface area contributed by atoms with Crippen LogP contribution in [0.4, 0.5) is 4.39 Å². The van der Waals surface area contributed by atoms with E-state index < -0.39 is 6.04 Å². The molecule has 0 fully saturated rings. The highest BCUT2D eigenvalue weighted by atomic mass is 79.9. The molecule has 4 heteroatoms. The molecule has 94 valence electrons. The van der Waals surface area contributed by atoms with Crippen molar-refractivity contribution in [2.75, 3.05) is 7.11 Å². The number of methoxy groups -OCH3 is 1. The fourth-order valence-corrected chi connectivity index (χ4v) is 2.24. The Morgan fingerprint density at radius 3 is 2.67 bits per heavy atom. The van der Waals surface area contributed by atoms with E-state index in [-0.39, 0.29) is 5.82 Å². The van der Waals surface area contributed by atoms with Crippen molar-refractivity contribution in [1.29, 1.82) is 0 Å². The lowest BCUT2D eigenvalue weighted by molar-refractivity contribution is 0.406. The van der Waals surface area contributed by atoms with Gasteiger partial charge in [-0.15, -0.1) is 0 Å². The van der Waals surface area contributed by atoms with Gasteiger partial charge < -0.3 is 10.5 Å². The zero-order valence-electron chi connectivity index (χ0n) is 9.86. The van der Waals surface area contributed by atoms with Crippen LogP contribution in [0.25, 0.3) is 0 Å². The van der Waals surface area contributed by atoms with E-state index in [9.17, 15) is 4.39 Å². The molecular formula is C14H13BrFNO. The van der Waals surface area contributed by atoms with Crippen LogP contribution in [-0.2, 0) is 0 Å². The number of halogens is 2. The van der Waals surface area contributed by atoms with E-state index in [0.717, 1.165) is 10.0 Å². The number of ether oxygens (including phenoxy) is 1. The fourth-order valence-electron chi connectivity index (χ4n) is 1.83. The third-order valence-electron chi connectivity index (χ3n) is 2.73. The summed E-state index contributed by atoms with van der Waals surface area (Å²) in [6, 6.07) is 11.6. The average molecular weight is 310 g/mol. The SMILES string of the molecule is COc1ccc(F)cc1C(N)c1cccc(Br)c1. The maximum Gasteiger partial charge on any atom is 0.124 e. The van der Waals surface area contributed by atoms with Crippen molar-refractivity contribution in [3.63, 3.8) is 0 Å². The molecule has 0 heterocycles. The molecule has 0 aromatic heterocycles. The van der Waals surface area contributed by atoms with Crippen molar-refractivity contribution in [2.24, 2.45) is 5.73 Å². The lowest BCUT2D eigenvalue weighted by Crippen LogP contribution is -2.13. The molecule has 0 aliphatic carbocycles. The van der Waals surface area contributed by atoms with Gasteiger partial charge in [0.1, 0.15) is 11.6 Å². The Morgan fingerprint density at radius 1 is 1.22 bits per heavy atom.